The fourth-order valence-corrected chi connectivity index (χ4v) is 2.86. The highest BCUT2D eigenvalue weighted by Gasteiger charge is 2.15. The van der Waals surface area contributed by atoms with Crippen LogP contribution in [0.4, 0.5) is 5.69 Å². The van der Waals surface area contributed by atoms with Crippen molar-refractivity contribution in [2.75, 3.05) is 19.0 Å². The highest BCUT2D eigenvalue weighted by molar-refractivity contribution is 9.10. The standard InChI is InChI=1S/C16H15Br2NO3/c1-3-22-15-13(18)7-10(8-14(15)21-2)16(20)19-12-6-4-5-11(17)9-12/h4-9H,3H2,1-2H3,(H,19,20). The molecule has 0 aromatic heterocycles. The molecule has 0 bridgehead atoms. The summed E-state index contributed by atoms with van der Waals surface area (Å²) in [4.78, 5) is 12.4. The van der Waals surface area contributed by atoms with Crippen LogP contribution < -0.4 is 14.8 Å². The largest absolute Gasteiger partial charge is 0.493 e. The van der Waals surface area contributed by atoms with E-state index in [4.69, 9.17) is 9.47 Å². The molecular weight excluding hydrogens is 414 g/mol. The maximum Gasteiger partial charge on any atom is 0.255 e. The molecule has 0 atom stereocenters. The van der Waals surface area contributed by atoms with Crippen molar-refractivity contribution >= 4 is 43.5 Å². The van der Waals surface area contributed by atoms with Crippen LogP contribution in [0.3, 0.4) is 0 Å². The zero-order valence-corrected chi connectivity index (χ0v) is 15.3. The van der Waals surface area contributed by atoms with Crippen LogP contribution in [0.15, 0.2) is 45.3 Å². The van der Waals surface area contributed by atoms with E-state index in [2.05, 4.69) is 37.2 Å². The van der Waals surface area contributed by atoms with Crippen molar-refractivity contribution in [1.82, 2.24) is 0 Å². The average Bonchev–Trinajstić information content (AvgIpc) is 2.49. The molecule has 0 spiro atoms. The topological polar surface area (TPSA) is 47.6 Å². The summed E-state index contributed by atoms with van der Waals surface area (Å²) in [6, 6.07) is 10.8. The van der Waals surface area contributed by atoms with Gasteiger partial charge in [-0.15, -0.1) is 0 Å². The van der Waals surface area contributed by atoms with Gasteiger partial charge in [0.15, 0.2) is 11.5 Å². The molecule has 0 aliphatic carbocycles. The van der Waals surface area contributed by atoms with Crippen molar-refractivity contribution in [2.45, 2.75) is 6.92 Å². The Kier molecular flexibility index (Phi) is 5.85. The van der Waals surface area contributed by atoms with Gasteiger partial charge in [-0.25, -0.2) is 0 Å². The predicted molar refractivity (Wildman–Crippen MR) is 94.0 cm³/mol. The third-order valence-electron chi connectivity index (χ3n) is 2.86. The summed E-state index contributed by atoms with van der Waals surface area (Å²) in [6.07, 6.45) is 0. The van der Waals surface area contributed by atoms with Gasteiger partial charge in [-0.3, -0.25) is 4.79 Å². The second-order valence-electron chi connectivity index (χ2n) is 4.39. The van der Waals surface area contributed by atoms with Crippen molar-refractivity contribution in [3.8, 4) is 11.5 Å². The summed E-state index contributed by atoms with van der Waals surface area (Å²) in [6.45, 7) is 2.40. The van der Waals surface area contributed by atoms with Crippen molar-refractivity contribution in [3.05, 3.63) is 50.9 Å². The zero-order chi connectivity index (χ0) is 16.1. The maximum atomic E-state index is 12.4. The number of ether oxygens (including phenoxy) is 2. The molecule has 0 heterocycles. The molecule has 0 aliphatic heterocycles. The lowest BCUT2D eigenvalue weighted by molar-refractivity contribution is 0.102. The van der Waals surface area contributed by atoms with E-state index in [1.165, 1.54) is 0 Å². The highest BCUT2D eigenvalue weighted by Crippen LogP contribution is 2.36. The average molecular weight is 429 g/mol. The zero-order valence-electron chi connectivity index (χ0n) is 12.2. The summed E-state index contributed by atoms with van der Waals surface area (Å²) in [5.74, 6) is 0.875. The van der Waals surface area contributed by atoms with E-state index in [1.54, 1.807) is 19.2 Å². The van der Waals surface area contributed by atoms with Crippen LogP contribution in [0.25, 0.3) is 0 Å². The molecule has 2 rings (SSSR count). The van der Waals surface area contributed by atoms with E-state index in [9.17, 15) is 4.79 Å². The van der Waals surface area contributed by atoms with Gasteiger partial charge in [-0.1, -0.05) is 22.0 Å². The first-order chi connectivity index (χ1) is 10.5. The number of nitrogens with one attached hydrogen (secondary N) is 1. The number of anilines is 1. The quantitative estimate of drug-likeness (QED) is 0.738. The van der Waals surface area contributed by atoms with Gasteiger partial charge in [0.05, 0.1) is 18.2 Å². The molecular formula is C16H15Br2NO3. The van der Waals surface area contributed by atoms with Crippen LogP contribution in [0.1, 0.15) is 17.3 Å². The first-order valence-corrected chi connectivity index (χ1v) is 8.21. The van der Waals surface area contributed by atoms with Gasteiger partial charge in [0, 0.05) is 15.7 Å². The Bertz CT molecular complexity index is 689. The fourth-order valence-electron chi connectivity index (χ4n) is 1.90. The van der Waals surface area contributed by atoms with Gasteiger partial charge in [0.25, 0.3) is 5.91 Å². The second-order valence-corrected chi connectivity index (χ2v) is 6.16. The van der Waals surface area contributed by atoms with E-state index in [0.717, 1.165) is 4.47 Å². The number of carbonyl (C=O) groups excluding carboxylic acids is 1. The van der Waals surface area contributed by atoms with E-state index in [-0.39, 0.29) is 5.91 Å². The van der Waals surface area contributed by atoms with E-state index in [0.29, 0.717) is 33.8 Å². The SMILES string of the molecule is CCOc1c(Br)cc(C(=O)Nc2cccc(Br)c2)cc1OC. The molecule has 6 heteroatoms. The Labute approximate surface area is 146 Å². The number of halogens is 2. The number of hydrogen-bond donors (Lipinski definition) is 1. The minimum absolute atomic E-state index is 0.222. The summed E-state index contributed by atoms with van der Waals surface area (Å²) in [5.41, 5.74) is 1.19. The Morgan fingerprint density at radius 2 is 2.00 bits per heavy atom. The van der Waals surface area contributed by atoms with Crippen LogP contribution in [-0.2, 0) is 0 Å². The molecule has 0 saturated heterocycles. The minimum Gasteiger partial charge on any atom is -0.493 e. The van der Waals surface area contributed by atoms with Gasteiger partial charge in [-0.2, -0.15) is 0 Å². The molecule has 1 amide bonds. The number of methoxy groups -OCH3 is 1. The molecule has 0 fully saturated rings. The minimum atomic E-state index is -0.222. The summed E-state index contributed by atoms with van der Waals surface area (Å²) >= 11 is 6.79. The predicted octanol–water partition coefficient (Wildman–Crippen LogP) is 4.87. The lowest BCUT2D eigenvalue weighted by atomic mass is 10.2. The molecule has 4 nitrogen and oxygen atoms in total. The summed E-state index contributed by atoms with van der Waals surface area (Å²) in [7, 11) is 1.54. The normalized spacial score (nSPS) is 10.2. The summed E-state index contributed by atoms with van der Waals surface area (Å²) in [5, 5.41) is 2.84. The second kappa shape index (κ2) is 7.65. The van der Waals surface area contributed by atoms with Crippen LogP contribution in [-0.4, -0.2) is 19.6 Å². The van der Waals surface area contributed by atoms with Gasteiger partial charge >= 0.3 is 0 Å². The molecule has 0 unspecified atom stereocenters. The van der Waals surface area contributed by atoms with Crippen LogP contribution in [0, 0.1) is 0 Å². The lowest BCUT2D eigenvalue weighted by Gasteiger charge is -2.13. The molecule has 0 aliphatic rings. The first-order valence-electron chi connectivity index (χ1n) is 6.62. The fraction of sp³-hybridized carbons (Fsp3) is 0.188. The Balaban J connectivity index is 2.28. The van der Waals surface area contributed by atoms with E-state index in [1.807, 2.05) is 31.2 Å². The number of benzene rings is 2. The monoisotopic (exact) mass is 427 g/mol. The smallest absolute Gasteiger partial charge is 0.255 e. The number of carbonyl (C=O) groups is 1. The van der Waals surface area contributed by atoms with E-state index >= 15 is 0 Å². The maximum absolute atomic E-state index is 12.4. The Morgan fingerprint density at radius 3 is 2.64 bits per heavy atom. The first kappa shape index (κ1) is 16.8. The Hall–Kier alpha value is -1.53. The lowest BCUT2D eigenvalue weighted by Crippen LogP contribution is -2.12. The van der Waals surface area contributed by atoms with Crippen LogP contribution >= 0.6 is 31.9 Å². The van der Waals surface area contributed by atoms with Crippen LogP contribution in [0.2, 0.25) is 0 Å². The molecule has 2 aromatic rings. The number of amides is 1. The molecule has 2 aromatic carbocycles. The number of hydrogen-bond acceptors (Lipinski definition) is 3. The summed E-state index contributed by atoms with van der Waals surface area (Å²) < 4.78 is 12.4. The molecule has 22 heavy (non-hydrogen) atoms. The highest BCUT2D eigenvalue weighted by atomic mass is 79.9. The molecule has 0 radical (unpaired) electrons. The third kappa shape index (κ3) is 4.01. The van der Waals surface area contributed by atoms with Gasteiger partial charge in [0.1, 0.15) is 0 Å². The van der Waals surface area contributed by atoms with Crippen LogP contribution in [0.5, 0.6) is 11.5 Å². The number of rotatable bonds is 5. The van der Waals surface area contributed by atoms with Crippen molar-refractivity contribution in [3.63, 3.8) is 0 Å². The Morgan fingerprint density at radius 1 is 1.23 bits per heavy atom. The van der Waals surface area contributed by atoms with E-state index < -0.39 is 0 Å². The molecule has 0 saturated carbocycles. The van der Waals surface area contributed by atoms with Gasteiger partial charge in [-0.05, 0) is 53.2 Å². The molecule has 1 N–H and O–H groups in total. The van der Waals surface area contributed by atoms with Gasteiger partial charge < -0.3 is 14.8 Å². The third-order valence-corrected chi connectivity index (χ3v) is 3.95. The van der Waals surface area contributed by atoms with Crippen molar-refractivity contribution in [2.24, 2.45) is 0 Å². The van der Waals surface area contributed by atoms with Gasteiger partial charge in [0.2, 0.25) is 0 Å². The molecule has 116 valence electrons. The van der Waals surface area contributed by atoms with Crippen molar-refractivity contribution < 1.29 is 14.3 Å². The van der Waals surface area contributed by atoms with Crippen molar-refractivity contribution in [1.29, 1.82) is 0 Å².